The van der Waals surface area contributed by atoms with Gasteiger partial charge in [0.1, 0.15) is 4.90 Å². The SMILES string of the molecule is CCc1ccccc1S(F)(F)(F)(F)F. The predicted octanol–water partition coefficient (Wildman–Crippen LogP) is 4.91. The molecule has 0 aliphatic heterocycles. The average Bonchev–Trinajstić information content (AvgIpc) is 2.00. The summed E-state index contributed by atoms with van der Waals surface area (Å²) in [6, 6.07) is 3.77. The molecular formula is C8H9F5S. The molecule has 14 heavy (non-hydrogen) atoms. The van der Waals surface area contributed by atoms with Gasteiger partial charge in [-0.1, -0.05) is 44.6 Å². The van der Waals surface area contributed by atoms with E-state index in [0.717, 1.165) is 12.1 Å². The van der Waals surface area contributed by atoms with Gasteiger partial charge in [0.15, 0.2) is 0 Å². The lowest BCUT2D eigenvalue weighted by Gasteiger charge is -2.41. The second-order valence-electron chi connectivity index (χ2n) is 2.93. The van der Waals surface area contributed by atoms with Crippen molar-refractivity contribution in [3.63, 3.8) is 0 Å². The summed E-state index contributed by atoms with van der Waals surface area (Å²) in [5.41, 5.74) is -0.369. The third-order valence-electron chi connectivity index (χ3n) is 1.77. The second kappa shape index (κ2) is 2.42. The zero-order valence-corrected chi connectivity index (χ0v) is 8.13. The van der Waals surface area contributed by atoms with Gasteiger partial charge in [0.05, 0.1) is 0 Å². The van der Waals surface area contributed by atoms with Gasteiger partial charge in [-0.25, -0.2) is 0 Å². The van der Waals surface area contributed by atoms with Crippen molar-refractivity contribution in [2.45, 2.75) is 18.2 Å². The number of benzene rings is 1. The van der Waals surface area contributed by atoms with E-state index in [1.54, 1.807) is 0 Å². The van der Waals surface area contributed by atoms with E-state index in [0.29, 0.717) is 6.07 Å². The van der Waals surface area contributed by atoms with Crippen LogP contribution in [0.15, 0.2) is 29.2 Å². The molecule has 0 aliphatic carbocycles. The van der Waals surface area contributed by atoms with Gasteiger partial charge in [0, 0.05) is 0 Å². The molecular weight excluding hydrogens is 223 g/mol. The van der Waals surface area contributed by atoms with Crippen LogP contribution in [0.1, 0.15) is 12.5 Å². The van der Waals surface area contributed by atoms with Crippen LogP contribution in [0.3, 0.4) is 0 Å². The molecule has 0 amide bonds. The van der Waals surface area contributed by atoms with Gasteiger partial charge in [-0.2, -0.15) is 0 Å². The fourth-order valence-electron chi connectivity index (χ4n) is 1.17. The molecule has 1 rings (SSSR count). The molecule has 0 spiro atoms. The van der Waals surface area contributed by atoms with Crippen LogP contribution in [0.4, 0.5) is 19.4 Å². The Morgan fingerprint density at radius 1 is 1.00 bits per heavy atom. The number of hydrogen-bond donors (Lipinski definition) is 0. The molecule has 1 aromatic rings. The molecule has 0 aliphatic rings. The van der Waals surface area contributed by atoms with E-state index >= 15 is 0 Å². The Labute approximate surface area is 78.5 Å². The number of rotatable bonds is 2. The molecule has 0 fully saturated rings. The van der Waals surface area contributed by atoms with Crippen LogP contribution in [0.5, 0.6) is 0 Å². The maximum absolute atomic E-state index is 12.4. The van der Waals surface area contributed by atoms with E-state index in [1.807, 2.05) is 0 Å². The van der Waals surface area contributed by atoms with Crippen LogP contribution in [0.2, 0.25) is 0 Å². The lowest BCUT2D eigenvalue weighted by molar-refractivity contribution is 0.362. The van der Waals surface area contributed by atoms with Crippen LogP contribution in [-0.4, -0.2) is 0 Å². The van der Waals surface area contributed by atoms with Crippen LogP contribution in [-0.2, 0) is 6.42 Å². The predicted molar refractivity (Wildman–Crippen MR) is 47.2 cm³/mol. The molecule has 0 saturated carbocycles. The summed E-state index contributed by atoms with van der Waals surface area (Å²) >= 11 is 0. The van der Waals surface area contributed by atoms with Gasteiger partial charge >= 0.3 is 10.2 Å². The van der Waals surface area contributed by atoms with Crippen molar-refractivity contribution in [2.24, 2.45) is 0 Å². The van der Waals surface area contributed by atoms with Gasteiger partial charge in [-0.15, -0.1) is 0 Å². The van der Waals surface area contributed by atoms with Crippen molar-refractivity contribution in [3.05, 3.63) is 29.8 Å². The second-order valence-corrected chi connectivity index (χ2v) is 5.31. The minimum atomic E-state index is -9.50. The number of hydrogen-bond acceptors (Lipinski definition) is 0. The van der Waals surface area contributed by atoms with Gasteiger partial charge in [-0.05, 0) is 18.1 Å². The van der Waals surface area contributed by atoms with Gasteiger partial charge in [0.25, 0.3) is 0 Å². The topological polar surface area (TPSA) is 0 Å². The minimum Gasteiger partial charge on any atom is -0.0936 e. The van der Waals surface area contributed by atoms with E-state index in [-0.39, 0.29) is 12.0 Å². The summed E-state index contributed by atoms with van der Waals surface area (Å²) in [6.45, 7) is 1.41. The summed E-state index contributed by atoms with van der Waals surface area (Å²) in [5.74, 6) is 0. The highest BCUT2D eigenvalue weighted by atomic mass is 32.5. The molecule has 6 heteroatoms. The smallest absolute Gasteiger partial charge is 0.0936 e. The molecule has 0 bridgehead atoms. The third kappa shape index (κ3) is 2.37. The number of aryl methyl sites for hydroxylation is 1. The van der Waals surface area contributed by atoms with E-state index in [2.05, 4.69) is 0 Å². The molecule has 0 N–H and O–H groups in total. The Morgan fingerprint density at radius 2 is 1.50 bits per heavy atom. The highest BCUT2D eigenvalue weighted by molar-refractivity contribution is 8.45. The molecule has 82 valence electrons. The Hall–Kier alpha value is -0.780. The Morgan fingerprint density at radius 3 is 1.86 bits per heavy atom. The Balaban J connectivity index is 3.49. The molecule has 0 nitrogen and oxygen atoms in total. The van der Waals surface area contributed by atoms with Gasteiger partial charge in [-0.3, -0.25) is 0 Å². The van der Waals surface area contributed by atoms with Crippen molar-refractivity contribution in [1.29, 1.82) is 0 Å². The normalized spacial score (nSPS) is 17.3. The van der Waals surface area contributed by atoms with Crippen molar-refractivity contribution < 1.29 is 19.4 Å². The summed E-state index contributed by atoms with van der Waals surface area (Å²) in [6.07, 6.45) is -0.0677. The summed E-state index contributed by atoms with van der Waals surface area (Å²) in [7, 11) is -9.50. The van der Waals surface area contributed by atoms with Gasteiger partial charge in [0.2, 0.25) is 0 Å². The van der Waals surface area contributed by atoms with Crippen LogP contribution >= 0.6 is 10.2 Å². The quantitative estimate of drug-likeness (QED) is 0.636. The maximum atomic E-state index is 12.4. The highest BCUT2D eigenvalue weighted by Gasteiger charge is 2.66. The molecule has 0 saturated heterocycles. The monoisotopic (exact) mass is 232 g/mol. The average molecular weight is 232 g/mol. The fraction of sp³-hybridized carbons (Fsp3) is 0.250. The van der Waals surface area contributed by atoms with E-state index in [4.69, 9.17) is 0 Å². The van der Waals surface area contributed by atoms with Crippen molar-refractivity contribution in [1.82, 2.24) is 0 Å². The van der Waals surface area contributed by atoms with E-state index in [9.17, 15) is 19.4 Å². The van der Waals surface area contributed by atoms with E-state index < -0.39 is 15.1 Å². The van der Waals surface area contributed by atoms with Crippen LogP contribution < -0.4 is 0 Å². The zero-order valence-electron chi connectivity index (χ0n) is 7.31. The van der Waals surface area contributed by atoms with Gasteiger partial charge < -0.3 is 0 Å². The van der Waals surface area contributed by atoms with Crippen LogP contribution in [0.25, 0.3) is 0 Å². The largest absolute Gasteiger partial charge is 0.310 e. The molecule has 0 atom stereocenters. The number of halogens is 5. The lowest BCUT2D eigenvalue weighted by Crippen LogP contribution is -2.08. The Kier molecular flexibility index (Phi) is 1.95. The molecule has 0 heterocycles. The zero-order chi connectivity index (χ0) is 11.1. The highest BCUT2D eigenvalue weighted by Crippen LogP contribution is 3.02. The molecule has 0 aromatic heterocycles. The molecule has 1 aromatic carbocycles. The lowest BCUT2D eigenvalue weighted by atomic mass is 10.2. The summed E-state index contributed by atoms with van der Waals surface area (Å²) in [4.78, 5) is -1.77. The first-order chi connectivity index (χ1) is 6.04. The Bertz CT molecular complexity index is 352. The minimum absolute atomic E-state index is 0.0677. The first-order valence-electron chi connectivity index (χ1n) is 3.86. The summed E-state index contributed by atoms with van der Waals surface area (Å²) in [5, 5.41) is 0. The van der Waals surface area contributed by atoms with Crippen LogP contribution in [0, 0.1) is 0 Å². The summed E-state index contributed by atoms with van der Waals surface area (Å²) < 4.78 is 62.0. The standard InChI is InChI=1S/C8H9F5S/c1-2-7-5-3-4-6-8(7)14(9,10,11,12)13/h3-6H,2H2,1H3. The fourth-order valence-corrected chi connectivity index (χ4v) is 2.22. The molecule has 0 unspecified atom stereocenters. The molecule has 0 radical (unpaired) electrons. The third-order valence-corrected chi connectivity index (χ3v) is 3.00. The first-order valence-corrected chi connectivity index (χ1v) is 5.81. The van der Waals surface area contributed by atoms with Crippen molar-refractivity contribution >= 4 is 10.2 Å². The van der Waals surface area contributed by atoms with Crippen molar-refractivity contribution in [2.75, 3.05) is 0 Å². The van der Waals surface area contributed by atoms with E-state index in [1.165, 1.54) is 13.0 Å². The maximum Gasteiger partial charge on any atom is 0.310 e. The van der Waals surface area contributed by atoms with Crippen molar-refractivity contribution in [3.8, 4) is 0 Å². The first kappa shape index (κ1) is 11.3.